The fraction of sp³-hybridized carbons (Fsp3) is 0.364. The molecule has 0 radical (unpaired) electrons. The van der Waals surface area contributed by atoms with E-state index in [9.17, 15) is 9.90 Å². The molecule has 0 aromatic heterocycles. The maximum atomic E-state index is 12.4. The summed E-state index contributed by atoms with van der Waals surface area (Å²) in [5, 5.41) is 12.3. The molecule has 1 N–H and O–H groups in total. The van der Waals surface area contributed by atoms with Crippen LogP contribution in [0, 0.1) is 17.8 Å². The summed E-state index contributed by atoms with van der Waals surface area (Å²) in [7, 11) is 0.123. The first-order chi connectivity index (χ1) is 18.6. The average Bonchev–Trinajstić information content (AvgIpc) is 2.93. The molecule has 0 aliphatic rings. The summed E-state index contributed by atoms with van der Waals surface area (Å²) in [4.78, 5) is 12.4. The number of benzene rings is 3. The van der Waals surface area contributed by atoms with E-state index in [-0.39, 0.29) is 28.4 Å². The van der Waals surface area contributed by atoms with Gasteiger partial charge in [-0.25, -0.2) is 4.79 Å². The van der Waals surface area contributed by atoms with Crippen LogP contribution in [-0.4, -0.2) is 39.7 Å². The van der Waals surface area contributed by atoms with Crippen molar-refractivity contribution in [3.05, 3.63) is 83.9 Å². The monoisotopic (exact) mass is 544 g/mol. The molecule has 0 fully saturated rings. The van der Waals surface area contributed by atoms with Crippen molar-refractivity contribution in [1.82, 2.24) is 0 Å². The molecule has 5 nitrogen and oxygen atoms in total. The molecule has 0 aliphatic carbocycles. The number of hydrogen-bond donors (Lipinski definition) is 1. The summed E-state index contributed by atoms with van der Waals surface area (Å²) in [5.41, 5.74) is 0.737. The Hall–Kier alpha value is -3.53. The fourth-order valence-corrected chi connectivity index (χ4v) is 10.0. The SMILES string of the molecule is CC#CC[C@H](C)[C@@H](Cc1cc(OC)cc(OC)c1C(=O)O)O[Si](c1ccccc1)(c1ccccc1)C(C)(C)C. The second-order valence-corrected chi connectivity index (χ2v) is 15.1. The number of carboxylic acids is 1. The topological polar surface area (TPSA) is 65.0 Å². The lowest BCUT2D eigenvalue weighted by Crippen LogP contribution is -2.68. The number of rotatable bonds is 11. The van der Waals surface area contributed by atoms with Crippen LogP contribution in [0.2, 0.25) is 5.04 Å². The number of carbonyl (C=O) groups is 1. The van der Waals surface area contributed by atoms with Gasteiger partial charge in [0.15, 0.2) is 0 Å². The van der Waals surface area contributed by atoms with Crippen molar-refractivity contribution in [2.75, 3.05) is 14.2 Å². The molecule has 39 heavy (non-hydrogen) atoms. The lowest BCUT2D eigenvalue weighted by molar-refractivity contribution is 0.0690. The minimum absolute atomic E-state index is 0.0259. The van der Waals surface area contributed by atoms with Crippen LogP contribution in [0.1, 0.15) is 57.0 Å². The van der Waals surface area contributed by atoms with Crippen LogP contribution < -0.4 is 19.8 Å². The summed E-state index contributed by atoms with van der Waals surface area (Å²) >= 11 is 0. The zero-order valence-electron chi connectivity index (χ0n) is 24.1. The molecule has 0 bridgehead atoms. The fourth-order valence-electron chi connectivity index (χ4n) is 5.22. The molecule has 0 heterocycles. The molecular weight excluding hydrogens is 504 g/mol. The third-order valence-electron chi connectivity index (χ3n) is 7.23. The summed E-state index contributed by atoms with van der Waals surface area (Å²) in [6, 6.07) is 24.3. The summed E-state index contributed by atoms with van der Waals surface area (Å²) < 4.78 is 18.5. The van der Waals surface area contributed by atoms with E-state index in [1.165, 1.54) is 17.5 Å². The van der Waals surface area contributed by atoms with Gasteiger partial charge < -0.3 is 19.0 Å². The molecule has 3 aromatic carbocycles. The number of ether oxygens (including phenoxy) is 2. The van der Waals surface area contributed by atoms with Gasteiger partial charge in [-0.05, 0) is 46.3 Å². The maximum absolute atomic E-state index is 12.4. The van der Waals surface area contributed by atoms with Crippen LogP contribution in [0.4, 0.5) is 0 Å². The van der Waals surface area contributed by atoms with E-state index in [2.05, 4.69) is 88.1 Å². The maximum Gasteiger partial charge on any atom is 0.339 e. The van der Waals surface area contributed by atoms with Gasteiger partial charge in [0.25, 0.3) is 8.32 Å². The van der Waals surface area contributed by atoms with Crippen molar-refractivity contribution in [3.8, 4) is 23.3 Å². The first kappa shape index (κ1) is 30.0. The van der Waals surface area contributed by atoms with Gasteiger partial charge in [-0.1, -0.05) is 88.4 Å². The van der Waals surface area contributed by atoms with Crippen molar-refractivity contribution in [2.24, 2.45) is 5.92 Å². The Bertz CT molecular complexity index is 1260. The van der Waals surface area contributed by atoms with E-state index in [1.54, 1.807) is 19.2 Å². The minimum Gasteiger partial charge on any atom is -0.497 e. The van der Waals surface area contributed by atoms with Gasteiger partial charge in [0.2, 0.25) is 0 Å². The first-order valence-corrected chi connectivity index (χ1v) is 15.2. The Morgan fingerprint density at radius 1 is 0.949 bits per heavy atom. The first-order valence-electron chi connectivity index (χ1n) is 13.3. The molecule has 0 aliphatic heterocycles. The second-order valence-electron chi connectivity index (χ2n) is 10.8. The van der Waals surface area contributed by atoms with Crippen molar-refractivity contribution in [3.63, 3.8) is 0 Å². The smallest absolute Gasteiger partial charge is 0.339 e. The van der Waals surface area contributed by atoms with Gasteiger partial charge in [0.1, 0.15) is 17.1 Å². The molecule has 206 valence electrons. The summed E-state index contributed by atoms with van der Waals surface area (Å²) in [5.74, 6) is 6.02. The van der Waals surface area contributed by atoms with Gasteiger partial charge in [0, 0.05) is 12.5 Å². The summed E-state index contributed by atoms with van der Waals surface area (Å²) in [6.07, 6.45) is 0.668. The Kier molecular flexibility index (Phi) is 10.0. The Morgan fingerprint density at radius 2 is 1.51 bits per heavy atom. The van der Waals surface area contributed by atoms with E-state index >= 15 is 0 Å². The van der Waals surface area contributed by atoms with Gasteiger partial charge in [0.05, 0.1) is 20.3 Å². The second kappa shape index (κ2) is 13.0. The van der Waals surface area contributed by atoms with Crippen molar-refractivity contribution in [1.29, 1.82) is 0 Å². The predicted octanol–water partition coefficient (Wildman–Crippen LogP) is 5.94. The number of methoxy groups -OCH3 is 2. The zero-order chi connectivity index (χ0) is 28.6. The van der Waals surface area contributed by atoms with Gasteiger partial charge in [-0.15, -0.1) is 11.8 Å². The lowest BCUT2D eigenvalue weighted by atomic mass is 9.92. The molecule has 0 unspecified atom stereocenters. The van der Waals surface area contributed by atoms with Crippen LogP contribution in [0.25, 0.3) is 0 Å². The lowest BCUT2D eigenvalue weighted by Gasteiger charge is -2.46. The van der Waals surface area contributed by atoms with E-state index in [4.69, 9.17) is 13.9 Å². The quantitative estimate of drug-likeness (QED) is 0.239. The highest BCUT2D eigenvalue weighted by atomic mass is 28.4. The van der Waals surface area contributed by atoms with Gasteiger partial charge in [-0.3, -0.25) is 0 Å². The Labute approximate surface area is 234 Å². The molecule has 3 rings (SSSR count). The third kappa shape index (κ3) is 6.55. The number of carboxylic acid groups (broad SMARTS) is 1. The van der Waals surface area contributed by atoms with Crippen LogP contribution in [0.5, 0.6) is 11.5 Å². The van der Waals surface area contributed by atoms with Crippen molar-refractivity contribution in [2.45, 2.75) is 58.6 Å². The van der Waals surface area contributed by atoms with Gasteiger partial charge >= 0.3 is 5.97 Å². The van der Waals surface area contributed by atoms with E-state index < -0.39 is 14.3 Å². The highest BCUT2D eigenvalue weighted by molar-refractivity contribution is 6.99. The third-order valence-corrected chi connectivity index (χ3v) is 12.3. The van der Waals surface area contributed by atoms with E-state index in [1.807, 2.05) is 19.1 Å². The number of aromatic carboxylic acids is 1. The van der Waals surface area contributed by atoms with Crippen molar-refractivity contribution >= 4 is 24.7 Å². The van der Waals surface area contributed by atoms with Crippen LogP contribution >= 0.6 is 0 Å². The Morgan fingerprint density at radius 3 is 1.95 bits per heavy atom. The van der Waals surface area contributed by atoms with E-state index in [0.717, 1.165) is 0 Å². The highest BCUT2D eigenvalue weighted by Crippen LogP contribution is 2.40. The van der Waals surface area contributed by atoms with Crippen LogP contribution in [0.3, 0.4) is 0 Å². The normalized spacial score (nSPS) is 13.1. The Balaban J connectivity index is 2.27. The number of hydrogen-bond acceptors (Lipinski definition) is 4. The molecule has 0 saturated heterocycles. The van der Waals surface area contributed by atoms with Crippen LogP contribution in [0.15, 0.2) is 72.8 Å². The molecule has 0 spiro atoms. The minimum atomic E-state index is -2.91. The molecule has 0 amide bonds. The van der Waals surface area contributed by atoms with Crippen LogP contribution in [-0.2, 0) is 10.8 Å². The summed E-state index contributed by atoms with van der Waals surface area (Å²) in [6.45, 7) is 10.7. The largest absolute Gasteiger partial charge is 0.497 e. The molecule has 2 atom stereocenters. The molecule has 6 heteroatoms. The molecular formula is C33H40O5Si. The molecule has 0 saturated carbocycles. The van der Waals surface area contributed by atoms with Gasteiger partial charge in [-0.2, -0.15) is 0 Å². The highest BCUT2D eigenvalue weighted by Gasteiger charge is 2.52. The molecule has 3 aromatic rings. The predicted molar refractivity (Wildman–Crippen MR) is 160 cm³/mol. The van der Waals surface area contributed by atoms with Crippen molar-refractivity contribution < 1.29 is 23.8 Å². The van der Waals surface area contributed by atoms with E-state index in [0.29, 0.717) is 24.2 Å². The standard InChI is InChI=1S/C33H40O5Si/c1-8-9-16-24(2)29(22-25-21-26(36-6)23-30(37-7)31(25)32(34)35)38-39(33(3,4)5,27-17-12-10-13-18-27)28-19-14-11-15-20-28/h10-15,17-21,23-24,29H,16,22H2,1-7H3,(H,34,35)/t24-,29+/m0/s1. The zero-order valence-corrected chi connectivity index (χ0v) is 25.1. The average molecular weight is 545 g/mol.